The first-order valence-corrected chi connectivity index (χ1v) is 3.33. The molecule has 0 aromatic carbocycles. The van der Waals surface area contributed by atoms with Gasteiger partial charge < -0.3 is 0 Å². The first kappa shape index (κ1) is 6.90. The molecular weight excluding hydrogens is 159 g/mol. The van der Waals surface area contributed by atoms with Crippen LogP contribution in [0.3, 0.4) is 0 Å². The molecule has 0 unspecified atom stereocenters. The van der Waals surface area contributed by atoms with Crippen LogP contribution in [0.2, 0.25) is 0 Å². The zero-order valence-electron chi connectivity index (χ0n) is 6.05. The molecule has 0 amide bonds. The van der Waals surface area contributed by atoms with Gasteiger partial charge in [0, 0.05) is 12.3 Å². The van der Waals surface area contributed by atoms with Gasteiger partial charge in [0.25, 0.3) is 0 Å². The fraction of sp³-hybridized carbons (Fsp3) is 0. The lowest BCUT2D eigenvalue weighted by Crippen LogP contribution is -1.95. The van der Waals surface area contributed by atoms with Crippen molar-refractivity contribution in [1.82, 2.24) is 19.7 Å². The molecule has 0 aliphatic heterocycles. The Hall–Kier alpha value is -1.78. The summed E-state index contributed by atoms with van der Waals surface area (Å²) in [6.07, 6.45) is 4.26. The van der Waals surface area contributed by atoms with Crippen molar-refractivity contribution in [3.63, 3.8) is 0 Å². The van der Waals surface area contributed by atoms with Crippen LogP contribution in [-0.4, -0.2) is 19.7 Å². The van der Waals surface area contributed by atoms with Crippen molar-refractivity contribution in [2.45, 2.75) is 0 Å². The van der Waals surface area contributed by atoms with Crippen LogP contribution in [-0.2, 0) is 0 Å². The van der Waals surface area contributed by atoms with Gasteiger partial charge in [-0.25, -0.2) is 14.6 Å². The zero-order chi connectivity index (χ0) is 8.39. The summed E-state index contributed by atoms with van der Waals surface area (Å²) in [5.74, 6) is -0.525. The van der Waals surface area contributed by atoms with Gasteiger partial charge in [0.15, 0.2) is 0 Å². The SMILES string of the molecule is Fc1cc(-n2cncn2)ccn1. The maximum atomic E-state index is 12.6. The summed E-state index contributed by atoms with van der Waals surface area (Å²) in [6.45, 7) is 0. The van der Waals surface area contributed by atoms with E-state index in [0.717, 1.165) is 0 Å². The van der Waals surface area contributed by atoms with Gasteiger partial charge in [-0.15, -0.1) is 0 Å². The smallest absolute Gasteiger partial charge is 0.214 e. The van der Waals surface area contributed by atoms with E-state index in [9.17, 15) is 4.39 Å². The predicted molar refractivity (Wildman–Crippen MR) is 39.1 cm³/mol. The summed E-state index contributed by atoms with van der Waals surface area (Å²) in [6, 6.07) is 2.94. The molecule has 60 valence electrons. The molecule has 0 saturated carbocycles. The molecule has 2 aromatic rings. The van der Waals surface area contributed by atoms with E-state index in [0.29, 0.717) is 5.69 Å². The highest BCUT2D eigenvalue weighted by molar-refractivity contribution is 5.26. The van der Waals surface area contributed by atoms with Gasteiger partial charge in [-0.3, -0.25) is 0 Å². The lowest BCUT2D eigenvalue weighted by atomic mass is 10.4. The number of aromatic nitrogens is 4. The summed E-state index contributed by atoms with van der Waals surface area (Å²) in [5.41, 5.74) is 0.611. The second-order valence-corrected chi connectivity index (χ2v) is 2.18. The Balaban J connectivity index is 2.48. The molecule has 0 aliphatic rings. The van der Waals surface area contributed by atoms with E-state index in [4.69, 9.17) is 0 Å². The lowest BCUT2D eigenvalue weighted by Gasteiger charge is -1.97. The first-order chi connectivity index (χ1) is 5.86. The van der Waals surface area contributed by atoms with E-state index >= 15 is 0 Å². The van der Waals surface area contributed by atoms with Crippen molar-refractivity contribution in [3.8, 4) is 5.69 Å². The minimum absolute atomic E-state index is 0.525. The van der Waals surface area contributed by atoms with Crippen LogP contribution in [0.4, 0.5) is 4.39 Å². The topological polar surface area (TPSA) is 43.6 Å². The Bertz CT molecular complexity index is 371. The first-order valence-electron chi connectivity index (χ1n) is 3.33. The zero-order valence-corrected chi connectivity index (χ0v) is 6.05. The van der Waals surface area contributed by atoms with Crippen LogP contribution in [0, 0.1) is 5.95 Å². The third-order valence-electron chi connectivity index (χ3n) is 1.39. The summed E-state index contributed by atoms with van der Waals surface area (Å²) in [4.78, 5) is 7.16. The second-order valence-electron chi connectivity index (χ2n) is 2.18. The lowest BCUT2D eigenvalue weighted by molar-refractivity contribution is 0.581. The molecule has 2 rings (SSSR count). The molecule has 0 N–H and O–H groups in total. The molecule has 0 bridgehead atoms. The quantitative estimate of drug-likeness (QED) is 0.585. The van der Waals surface area contributed by atoms with Gasteiger partial charge >= 0.3 is 0 Å². The number of halogens is 1. The number of hydrogen-bond donors (Lipinski definition) is 0. The van der Waals surface area contributed by atoms with E-state index in [1.807, 2.05) is 0 Å². The molecule has 12 heavy (non-hydrogen) atoms. The Morgan fingerprint density at radius 2 is 2.33 bits per heavy atom. The van der Waals surface area contributed by atoms with Gasteiger partial charge in [-0.2, -0.15) is 9.49 Å². The average Bonchev–Trinajstić information content (AvgIpc) is 2.56. The maximum Gasteiger partial charge on any atom is 0.214 e. The highest BCUT2D eigenvalue weighted by atomic mass is 19.1. The third kappa shape index (κ3) is 1.16. The van der Waals surface area contributed by atoms with Crippen LogP contribution in [0.15, 0.2) is 31.0 Å². The van der Waals surface area contributed by atoms with Crippen molar-refractivity contribution in [2.24, 2.45) is 0 Å². The molecule has 2 heterocycles. The fourth-order valence-corrected chi connectivity index (χ4v) is 0.876. The third-order valence-corrected chi connectivity index (χ3v) is 1.39. The largest absolute Gasteiger partial charge is 0.228 e. The molecule has 0 aliphatic carbocycles. The minimum atomic E-state index is -0.525. The summed E-state index contributed by atoms with van der Waals surface area (Å²) in [5, 5.41) is 3.84. The van der Waals surface area contributed by atoms with Crippen molar-refractivity contribution >= 4 is 0 Å². The number of pyridine rings is 1. The average molecular weight is 164 g/mol. The maximum absolute atomic E-state index is 12.6. The second kappa shape index (κ2) is 2.69. The normalized spacial score (nSPS) is 10.1. The van der Waals surface area contributed by atoms with Crippen molar-refractivity contribution in [1.29, 1.82) is 0 Å². The van der Waals surface area contributed by atoms with Gasteiger partial charge in [-0.05, 0) is 6.07 Å². The molecule has 4 nitrogen and oxygen atoms in total. The monoisotopic (exact) mass is 164 g/mol. The van der Waals surface area contributed by atoms with E-state index in [-0.39, 0.29) is 0 Å². The number of nitrogens with zero attached hydrogens (tertiary/aromatic N) is 4. The van der Waals surface area contributed by atoms with Crippen LogP contribution in [0.25, 0.3) is 5.69 Å². The van der Waals surface area contributed by atoms with Crippen LogP contribution in [0.5, 0.6) is 0 Å². The highest BCUT2D eigenvalue weighted by Gasteiger charge is 1.97. The molecule has 2 aromatic heterocycles. The Kier molecular flexibility index (Phi) is 1.55. The van der Waals surface area contributed by atoms with E-state index in [1.54, 1.807) is 6.07 Å². The molecule has 0 spiro atoms. The van der Waals surface area contributed by atoms with E-state index < -0.39 is 5.95 Å². The number of hydrogen-bond acceptors (Lipinski definition) is 3. The Labute approximate surface area is 67.7 Å². The van der Waals surface area contributed by atoms with Gasteiger partial charge in [-0.1, -0.05) is 0 Å². The van der Waals surface area contributed by atoms with Gasteiger partial charge in [0.1, 0.15) is 12.7 Å². The Morgan fingerprint density at radius 1 is 1.42 bits per heavy atom. The summed E-state index contributed by atoms with van der Waals surface area (Å²) >= 11 is 0. The molecule has 0 radical (unpaired) electrons. The standard InChI is InChI=1S/C7H5FN4/c8-7-3-6(1-2-10-7)12-5-9-4-11-12/h1-5H. The van der Waals surface area contributed by atoms with Crippen molar-refractivity contribution in [2.75, 3.05) is 0 Å². The molecule has 0 saturated heterocycles. The van der Waals surface area contributed by atoms with Gasteiger partial charge in [0.05, 0.1) is 5.69 Å². The molecule has 5 heteroatoms. The van der Waals surface area contributed by atoms with E-state index in [2.05, 4.69) is 15.1 Å². The van der Waals surface area contributed by atoms with Crippen molar-refractivity contribution in [3.05, 3.63) is 36.9 Å². The van der Waals surface area contributed by atoms with Gasteiger partial charge in [0.2, 0.25) is 5.95 Å². The predicted octanol–water partition coefficient (Wildman–Crippen LogP) is 0.801. The van der Waals surface area contributed by atoms with E-state index in [1.165, 1.54) is 29.6 Å². The fourth-order valence-electron chi connectivity index (χ4n) is 0.876. The highest BCUT2D eigenvalue weighted by Crippen LogP contribution is 2.03. The molecule has 0 fully saturated rings. The minimum Gasteiger partial charge on any atom is -0.228 e. The van der Waals surface area contributed by atoms with Crippen LogP contribution in [0.1, 0.15) is 0 Å². The van der Waals surface area contributed by atoms with Crippen LogP contribution >= 0.6 is 0 Å². The summed E-state index contributed by atoms with van der Waals surface area (Å²) in [7, 11) is 0. The number of rotatable bonds is 1. The van der Waals surface area contributed by atoms with Crippen molar-refractivity contribution < 1.29 is 4.39 Å². The summed E-state index contributed by atoms with van der Waals surface area (Å²) < 4.78 is 14.0. The molecular formula is C7H5FN4. The Morgan fingerprint density at radius 3 is 3.00 bits per heavy atom. The van der Waals surface area contributed by atoms with Crippen LogP contribution < -0.4 is 0 Å². The molecule has 0 atom stereocenters.